The fourth-order valence-electron chi connectivity index (χ4n) is 5.92. The maximum Gasteiger partial charge on any atom is -0.0352 e. The molecule has 6 atom stereocenters. The van der Waals surface area contributed by atoms with E-state index in [1.807, 2.05) is 0 Å². The van der Waals surface area contributed by atoms with Crippen molar-refractivity contribution in [3.05, 3.63) is 0 Å². The Labute approximate surface area is 120 Å². The van der Waals surface area contributed by atoms with Crippen molar-refractivity contribution >= 4 is 0 Å². The molecular weight excluding hydrogens is 228 g/mol. The molecule has 0 aromatic heterocycles. The number of rotatable bonds is 3. The summed E-state index contributed by atoms with van der Waals surface area (Å²) in [4.78, 5) is 0. The van der Waals surface area contributed by atoms with Crippen LogP contribution >= 0.6 is 0 Å². The summed E-state index contributed by atoms with van der Waals surface area (Å²) >= 11 is 0. The van der Waals surface area contributed by atoms with Crippen molar-refractivity contribution in [2.75, 3.05) is 0 Å². The van der Waals surface area contributed by atoms with Gasteiger partial charge in [0, 0.05) is 0 Å². The van der Waals surface area contributed by atoms with Crippen LogP contribution in [-0.4, -0.2) is 0 Å². The molecule has 0 saturated heterocycles. The van der Waals surface area contributed by atoms with Crippen LogP contribution < -0.4 is 0 Å². The molecule has 0 spiro atoms. The predicted molar refractivity (Wildman–Crippen MR) is 83.1 cm³/mol. The summed E-state index contributed by atoms with van der Waals surface area (Å²) in [6, 6.07) is 0. The van der Waals surface area contributed by atoms with E-state index in [0.29, 0.717) is 0 Å². The predicted octanol–water partition coefficient (Wildman–Crippen LogP) is 6.06. The fourth-order valence-corrected chi connectivity index (χ4v) is 5.92. The highest BCUT2D eigenvalue weighted by molar-refractivity contribution is 4.95. The van der Waals surface area contributed by atoms with Crippen LogP contribution in [0.2, 0.25) is 0 Å². The Hall–Kier alpha value is 0. The Morgan fingerprint density at radius 3 is 2.21 bits per heavy atom. The molecule has 0 heterocycles. The van der Waals surface area contributed by atoms with Crippen molar-refractivity contribution in [3.8, 4) is 0 Å². The molecule has 0 N–H and O–H groups in total. The molecule has 110 valence electrons. The summed E-state index contributed by atoms with van der Waals surface area (Å²) in [5.74, 6) is 6.60. The zero-order chi connectivity index (χ0) is 13.2. The van der Waals surface area contributed by atoms with Crippen LogP contribution in [0, 0.1) is 35.5 Å². The van der Waals surface area contributed by atoms with Gasteiger partial charge in [0.15, 0.2) is 0 Å². The molecule has 0 radical (unpaired) electrons. The van der Waals surface area contributed by atoms with Crippen molar-refractivity contribution in [2.24, 2.45) is 35.5 Å². The normalized spacial score (nSPS) is 44.2. The highest BCUT2D eigenvalue weighted by Crippen LogP contribution is 2.54. The second-order valence-electron chi connectivity index (χ2n) is 8.07. The molecule has 0 aromatic rings. The van der Waals surface area contributed by atoms with Crippen LogP contribution in [0.1, 0.15) is 84.5 Å². The Morgan fingerprint density at radius 2 is 1.47 bits per heavy atom. The molecule has 3 saturated carbocycles. The Balaban J connectivity index is 1.73. The van der Waals surface area contributed by atoms with Gasteiger partial charge < -0.3 is 0 Å². The third kappa shape index (κ3) is 2.88. The van der Waals surface area contributed by atoms with E-state index < -0.39 is 0 Å². The van der Waals surface area contributed by atoms with Gasteiger partial charge in [0.25, 0.3) is 0 Å². The third-order valence-electron chi connectivity index (χ3n) is 7.01. The lowest BCUT2D eigenvalue weighted by molar-refractivity contribution is -0.0219. The van der Waals surface area contributed by atoms with Gasteiger partial charge in [0.1, 0.15) is 0 Å². The molecule has 0 bridgehead atoms. The van der Waals surface area contributed by atoms with Crippen molar-refractivity contribution in [2.45, 2.75) is 84.5 Å². The fraction of sp³-hybridized carbons (Fsp3) is 1.00. The van der Waals surface area contributed by atoms with Gasteiger partial charge >= 0.3 is 0 Å². The van der Waals surface area contributed by atoms with E-state index in [1.165, 1.54) is 19.3 Å². The summed E-state index contributed by atoms with van der Waals surface area (Å²) in [6.07, 6.45) is 17.0. The van der Waals surface area contributed by atoms with Gasteiger partial charge in [0.05, 0.1) is 0 Å². The van der Waals surface area contributed by atoms with Gasteiger partial charge in [0.2, 0.25) is 0 Å². The summed E-state index contributed by atoms with van der Waals surface area (Å²) in [5, 5.41) is 0. The van der Waals surface area contributed by atoms with Gasteiger partial charge in [-0.3, -0.25) is 0 Å². The van der Waals surface area contributed by atoms with Crippen molar-refractivity contribution < 1.29 is 0 Å². The maximum absolute atomic E-state index is 2.49. The van der Waals surface area contributed by atoms with Gasteiger partial charge in [-0.15, -0.1) is 0 Å². The van der Waals surface area contributed by atoms with Crippen LogP contribution in [0.15, 0.2) is 0 Å². The lowest BCUT2D eigenvalue weighted by atomic mass is 9.53. The topological polar surface area (TPSA) is 0 Å². The first-order valence-corrected chi connectivity index (χ1v) is 9.29. The van der Waals surface area contributed by atoms with Crippen molar-refractivity contribution in [1.82, 2.24) is 0 Å². The first-order chi connectivity index (χ1) is 9.29. The number of hydrogen-bond donors (Lipinski definition) is 0. The van der Waals surface area contributed by atoms with Crippen LogP contribution in [0.25, 0.3) is 0 Å². The summed E-state index contributed by atoms with van der Waals surface area (Å²) in [5.41, 5.74) is 0. The van der Waals surface area contributed by atoms with E-state index in [0.717, 1.165) is 35.5 Å². The highest BCUT2D eigenvalue weighted by Gasteiger charge is 2.45. The second-order valence-corrected chi connectivity index (χ2v) is 8.07. The zero-order valence-electron chi connectivity index (χ0n) is 13.2. The quantitative estimate of drug-likeness (QED) is 0.580. The number of fused-ring (bicyclic) bond motifs is 3. The van der Waals surface area contributed by atoms with E-state index in [2.05, 4.69) is 13.8 Å². The van der Waals surface area contributed by atoms with E-state index in [9.17, 15) is 0 Å². The molecule has 3 fully saturated rings. The minimum atomic E-state index is 0.965. The Bertz CT molecular complexity index is 282. The van der Waals surface area contributed by atoms with E-state index >= 15 is 0 Å². The molecule has 0 aliphatic heterocycles. The van der Waals surface area contributed by atoms with Gasteiger partial charge in [-0.1, -0.05) is 52.4 Å². The van der Waals surface area contributed by atoms with Crippen LogP contribution in [-0.2, 0) is 0 Å². The molecule has 3 aliphatic rings. The SMILES string of the molecule is CCC(C)CC1CC2CCCCC2C2CCCCC12. The van der Waals surface area contributed by atoms with Crippen molar-refractivity contribution in [1.29, 1.82) is 0 Å². The van der Waals surface area contributed by atoms with Gasteiger partial charge in [-0.2, -0.15) is 0 Å². The molecular formula is C19H34. The summed E-state index contributed by atoms with van der Waals surface area (Å²) in [6.45, 7) is 4.88. The Kier molecular flexibility index (Phi) is 4.54. The number of hydrogen-bond acceptors (Lipinski definition) is 0. The third-order valence-corrected chi connectivity index (χ3v) is 7.01. The molecule has 3 aliphatic carbocycles. The Morgan fingerprint density at radius 1 is 0.842 bits per heavy atom. The molecule has 0 amide bonds. The van der Waals surface area contributed by atoms with Crippen LogP contribution in [0.5, 0.6) is 0 Å². The molecule has 19 heavy (non-hydrogen) atoms. The molecule has 0 heteroatoms. The first kappa shape index (κ1) is 14.0. The second kappa shape index (κ2) is 6.19. The first-order valence-electron chi connectivity index (χ1n) is 9.29. The molecule has 0 aromatic carbocycles. The largest absolute Gasteiger partial charge is 0.0651 e. The van der Waals surface area contributed by atoms with E-state index in [-0.39, 0.29) is 0 Å². The minimum absolute atomic E-state index is 0.965. The monoisotopic (exact) mass is 262 g/mol. The lowest BCUT2D eigenvalue weighted by Crippen LogP contribution is -2.43. The average Bonchev–Trinajstić information content (AvgIpc) is 2.47. The smallest absolute Gasteiger partial charge is 0.0352 e. The standard InChI is InChI=1S/C19H34/c1-3-14(2)12-16-13-15-8-4-5-9-17(15)19-11-7-6-10-18(16)19/h14-19H,3-13H2,1-2H3. The van der Waals surface area contributed by atoms with Gasteiger partial charge in [-0.25, -0.2) is 0 Å². The minimum Gasteiger partial charge on any atom is -0.0651 e. The van der Waals surface area contributed by atoms with E-state index in [1.54, 1.807) is 51.4 Å². The lowest BCUT2D eigenvalue weighted by Gasteiger charge is -2.52. The van der Waals surface area contributed by atoms with Crippen LogP contribution in [0.3, 0.4) is 0 Å². The summed E-state index contributed by atoms with van der Waals surface area (Å²) in [7, 11) is 0. The highest BCUT2D eigenvalue weighted by atomic mass is 14.5. The van der Waals surface area contributed by atoms with Crippen LogP contribution in [0.4, 0.5) is 0 Å². The maximum atomic E-state index is 2.49. The van der Waals surface area contributed by atoms with E-state index in [4.69, 9.17) is 0 Å². The molecule has 6 unspecified atom stereocenters. The van der Waals surface area contributed by atoms with Gasteiger partial charge in [-0.05, 0) is 67.6 Å². The van der Waals surface area contributed by atoms with Crippen molar-refractivity contribution in [3.63, 3.8) is 0 Å². The average molecular weight is 262 g/mol. The molecule has 0 nitrogen and oxygen atoms in total. The zero-order valence-corrected chi connectivity index (χ0v) is 13.2. The molecule has 3 rings (SSSR count). The summed E-state index contributed by atoms with van der Waals surface area (Å²) < 4.78 is 0.